The molecule has 4 nitrogen and oxygen atoms in total. The van der Waals surface area contributed by atoms with Gasteiger partial charge in [0.25, 0.3) is 0 Å². The minimum absolute atomic E-state index is 0.161. The van der Waals surface area contributed by atoms with Crippen LogP contribution in [0, 0.1) is 10.8 Å². The molecule has 2 saturated heterocycles. The lowest BCUT2D eigenvalue weighted by Gasteiger charge is -2.40. The van der Waals surface area contributed by atoms with Gasteiger partial charge in [-0.3, -0.25) is 4.79 Å². The normalized spacial score (nSPS) is 32.9. The Morgan fingerprint density at radius 2 is 2.19 bits per heavy atom. The predicted molar refractivity (Wildman–Crippen MR) is 62.1 cm³/mol. The van der Waals surface area contributed by atoms with E-state index in [0.717, 1.165) is 45.7 Å². The molecule has 2 rings (SSSR count). The molecule has 2 heterocycles. The van der Waals surface area contributed by atoms with E-state index in [2.05, 4.69) is 17.6 Å². The Kier molecular flexibility index (Phi) is 3.22. The maximum absolute atomic E-state index is 12.1. The van der Waals surface area contributed by atoms with Crippen molar-refractivity contribution >= 4 is 5.91 Å². The molecule has 16 heavy (non-hydrogen) atoms. The van der Waals surface area contributed by atoms with Crippen LogP contribution in [-0.4, -0.2) is 38.8 Å². The van der Waals surface area contributed by atoms with Crippen molar-refractivity contribution in [3.8, 4) is 0 Å². The van der Waals surface area contributed by atoms with Gasteiger partial charge in [0.1, 0.15) is 0 Å². The number of carbonyl (C=O) groups excluding carboxylic acids is 1. The molecule has 0 aromatic carbocycles. The second-order valence-electron chi connectivity index (χ2n) is 5.83. The topological polar surface area (TPSA) is 50.4 Å². The van der Waals surface area contributed by atoms with E-state index in [9.17, 15) is 4.79 Å². The molecule has 1 amide bonds. The minimum atomic E-state index is -0.223. The van der Waals surface area contributed by atoms with Gasteiger partial charge in [-0.05, 0) is 26.3 Å². The zero-order valence-corrected chi connectivity index (χ0v) is 10.3. The van der Waals surface area contributed by atoms with E-state index < -0.39 is 0 Å². The Bertz CT molecular complexity index is 268. The van der Waals surface area contributed by atoms with Crippen LogP contribution in [0.4, 0.5) is 0 Å². The highest BCUT2D eigenvalue weighted by atomic mass is 16.5. The maximum atomic E-state index is 12.1. The number of ether oxygens (including phenoxy) is 1. The molecule has 4 heteroatoms. The van der Waals surface area contributed by atoms with Crippen molar-refractivity contribution in [2.24, 2.45) is 10.8 Å². The van der Waals surface area contributed by atoms with Gasteiger partial charge in [-0.2, -0.15) is 0 Å². The van der Waals surface area contributed by atoms with E-state index in [1.165, 1.54) is 0 Å². The van der Waals surface area contributed by atoms with Crippen LogP contribution in [0.5, 0.6) is 0 Å². The number of hydrogen-bond donors (Lipinski definition) is 2. The summed E-state index contributed by atoms with van der Waals surface area (Å²) in [5, 5.41) is 6.37. The molecule has 2 aliphatic rings. The minimum Gasteiger partial charge on any atom is -0.380 e. The largest absolute Gasteiger partial charge is 0.380 e. The third kappa shape index (κ3) is 2.38. The van der Waals surface area contributed by atoms with Crippen molar-refractivity contribution in [3.63, 3.8) is 0 Å². The monoisotopic (exact) mass is 226 g/mol. The summed E-state index contributed by atoms with van der Waals surface area (Å²) in [7, 11) is 0. The highest BCUT2D eigenvalue weighted by Crippen LogP contribution is 2.28. The van der Waals surface area contributed by atoms with Gasteiger partial charge in [-0.15, -0.1) is 0 Å². The molecule has 0 aliphatic carbocycles. The second kappa shape index (κ2) is 4.34. The van der Waals surface area contributed by atoms with Crippen LogP contribution >= 0.6 is 0 Å². The first-order valence-corrected chi connectivity index (χ1v) is 6.11. The van der Waals surface area contributed by atoms with Gasteiger partial charge in [-0.1, -0.05) is 6.92 Å². The zero-order valence-electron chi connectivity index (χ0n) is 10.3. The van der Waals surface area contributed by atoms with Crippen molar-refractivity contribution in [2.45, 2.75) is 26.7 Å². The summed E-state index contributed by atoms with van der Waals surface area (Å²) in [6.07, 6.45) is 2.07. The van der Waals surface area contributed by atoms with E-state index in [1.54, 1.807) is 0 Å². The summed E-state index contributed by atoms with van der Waals surface area (Å²) in [6.45, 7) is 8.30. The van der Waals surface area contributed by atoms with E-state index >= 15 is 0 Å². The predicted octanol–water partition coefficient (Wildman–Crippen LogP) is 0.529. The smallest absolute Gasteiger partial charge is 0.227 e. The van der Waals surface area contributed by atoms with Crippen molar-refractivity contribution in [3.05, 3.63) is 0 Å². The van der Waals surface area contributed by atoms with Crippen LogP contribution in [0.25, 0.3) is 0 Å². The van der Waals surface area contributed by atoms with E-state index in [4.69, 9.17) is 4.74 Å². The van der Waals surface area contributed by atoms with Gasteiger partial charge in [0.05, 0.1) is 18.6 Å². The molecule has 2 N–H and O–H groups in total. The number of carbonyl (C=O) groups is 1. The van der Waals surface area contributed by atoms with Gasteiger partial charge in [0.15, 0.2) is 0 Å². The highest BCUT2D eigenvalue weighted by molar-refractivity contribution is 5.82. The van der Waals surface area contributed by atoms with Crippen LogP contribution in [0.1, 0.15) is 26.7 Å². The van der Waals surface area contributed by atoms with Crippen LogP contribution in [-0.2, 0) is 9.53 Å². The summed E-state index contributed by atoms with van der Waals surface area (Å²) < 4.78 is 5.18. The number of piperidine rings is 1. The Balaban J connectivity index is 1.82. The zero-order chi connectivity index (χ0) is 11.6. The van der Waals surface area contributed by atoms with Gasteiger partial charge < -0.3 is 15.4 Å². The van der Waals surface area contributed by atoms with Crippen molar-refractivity contribution in [1.82, 2.24) is 10.6 Å². The molecule has 0 aromatic heterocycles. The van der Waals surface area contributed by atoms with Crippen molar-refractivity contribution in [2.75, 3.05) is 32.8 Å². The molecule has 0 radical (unpaired) electrons. The summed E-state index contributed by atoms with van der Waals surface area (Å²) in [5.74, 6) is 0.188. The molecule has 1 unspecified atom stereocenters. The summed E-state index contributed by atoms with van der Waals surface area (Å²) in [5.41, 5.74) is -0.0622. The van der Waals surface area contributed by atoms with Gasteiger partial charge in [0, 0.05) is 18.5 Å². The third-order valence-corrected chi connectivity index (χ3v) is 3.72. The standard InChI is InChI=1S/C12H22N2O2/c1-11(8-16-9-11)6-14-10(15)12(2)4-3-5-13-7-12/h13H,3-9H2,1-2H3,(H,14,15). The second-order valence-corrected chi connectivity index (χ2v) is 5.83. The van der Waals surface area contributed by atoms with Gasteiger partial charge in [0.2, 0.25) is 5.91 Å². The Morgan fingerprint density at radius 3 is 2.69 bits per heavy atom. The van der Waals surface area contributed by atoms with E-state index in [1.807, 2.05) is 6.92 Å². The number of hydrogen-bond acceptors (Lipinski definition) is 3. The van der Waals surface area contributed by atoms with Crippen molar-refractivity contribution < 1.29 is 9.53 Å². The summed E-state index contributed by atoms with van der Waals surface area (Å²) in [4.78, 5) is 12.1. The van der Waals surface area contributed by atoms with Crippen LogP contribution in [0.15, 0.2) is 0 Å². The molecule has 92 valence electrons. The van der Waals surface area contributed by atoms with E-state index in [0.29, 0.717) is 0 Å². The maximum Gasteiger partial charge on any atom is 0.227 e. The average molecular weight is 226 g/mol. The summed E-state index contributed by atoms with van der Waals surface area (Å²) in [6, 6.07) is 0. The van der Waals surface area contributed by atoms with E-state index in [-0.39, 0.29) is 16.7 Å². The average Bonchev–Trinajstić information content (AvgIpc) is 2.24. The van der Waals surface area contributed by atoms with Gasteiger partial charge in [-0.25, -0.2) is 0 Å². The lowest BCUT2D eigenvalue weighted by molar-refractivity contribution is -0.135. The SMILES string of the molecule is CC1(CNC(=O)C2(C)CCCNC2)COC1. The molecule has 2 aliphatic heterocycles. The fraction of sp³-hybridized carbons (Fsp3) is 0.917. The molecule has 0 spiro atoms. The van der Waals surface area contributed by atoms with Crippen molar-refractivity contribution in [1.29, 1.82) is 0 Å². The molecule has 0 aromatic rings. The molecular formula is C12H22N2O2. The molecule has 2 fully saturated rings. The van der Waals surface area contributed by atoms with Crippen LogP contribution < -0.4 is 10.6 Å². The fourth-order valence-electron chi connectivity index (χ4n) is 2.31. The van der Waals surface area contributed by atoms with Gasteiger partial charge >= 0.3 is 0 Å². The fourth-order valence-corrected chi connectivity index (χ4v) is 2.31. The first kappa shape index (κ1) is 11.9. The highest BCUT2D eigenvalue weighted by Gasteiger charge is 2.38. The molecule has 0 saturated carbocycles. The van der Waals surface area contributed by atoms with Crippen LogP contribution in [0.2, 0.25) is 0 Å². The lowest BCUT2D eigenvalue weighted by Crippen LogP contribution is -2.54. The molecule has 0 bridgehead atoms. The summed E-state index contributed by atoms with van der Waals surface area (Å²) >= 11 is 0. The number of nitrogens with one attached hydrogen (secondary N) is 2. The first-order valence-electron chi connectivity index (χ1n) is 6.11. The molecule has 1 atom stereocenters. The Hall–Kier alpha value is -0.610. The quantitative estimate of drug-likeness (QED) is 0.738. The Labute approximate surface area is 97.1 Å². The Morgan fingerprint density at radius 1 is 1.44 bits per heavy atom. The van der Waals surface area contributed by atoms with Crippen LogP contribution in [0.3, 0.4) is 0 Å². The molecular weight excluding hydrogens is 204 g/mol. The lowest BCUT2D eigenvalue weighted by atomic mass is 9.81. The number of amides is 1. The first-order chi connectivity index (χ1) is 7.54. The number of rotatable bonds is 3. The third-order valence-electron chi connectivity index (χ3n) is 3.72.